The van der Waals surface area contributed by atoms with E-state index in [1.807, 2.05) is 0 Å². The number of aryl methyl sites for hydroxylation is 1. The number of nitrogens with two attached hydrogens (primary N) is 1. The first-order valence-electron chi connectivity index (χ1n) is 6.56. The van der Waals surface area contributed by atoms with Gasteiger partial charge in [-0.2, -0.15) is 0 Å². The van der Waals surface area contributed by atoms with Gasteiger partial charge >= 0.3 is 0 Å². The van der Waals surface area contributed by atoms with Gasteiger partial charge in [-0.05, 0) is 19.3 Å². The Morgan fingerprint density at radius 3 is 2.94 bits per heavy atom. The molecule has 1 fully saturated rings. The first kappa shape index (κ1) is 13.5. The smallest absolute Gasteiger partial charge is 0.146 e. The molecule has 0 aliphatic carbocycles. The molecule has 0 spiro atoms. The predicted molar refractivity (Wildman–Crippen MR) is 67.1 cm³/mol. The van der Waals surface area contributed by atoms with Gasteiger partial charge in [0.15, 0.2) is 0 Å². The van der Waals surface area contributed by atoms with Crippen molar-refractivity contribution in [3.8, 4) is 0 Å². The molecule has 2 rings (SSSR count). The van der Waals surface area contributed by atoms with E-state index in [2.05, 4.69) is 14.8 Å². The quantitative estimate of drug-likeness (QED) is 0.766. The molecule has 1 atom stereocenters. The molecule has 0 amide bonds. The molecule has 2 heterocycles. The summed E-state index contributed by atoms with van der Waals surface area (Å²) in [5.74, 6) is 1.82. The minimum atomic E-state index is 0.388. The van der Waals surface area contributed by atoms with Crippen molar-refractivity contribution in [2.45, 2.75) is 44.9 Å². The van der Waals surface area contributed by atoms with Crippen LogP contribution in [0.25, 0.3) is 0 Å². The molecule has 1 unspecified atom stereocenters. The second-order valence-electron chi connectivity index (χ2n) is 4.55. The van der Waals surface area contributed by atoms with Crippen LogP contribution >= 0.6 is 0 Å². The molecule has 1 aliphatic rings. The van der Waals surface area contributed by atoms with Gasteiger partial charge in [0.05, 0.1) is 19.3 Å². The van der Waals surface area contributed by atoms with E-state index in [1.165, 1.54) is 6.42 Å². The molecule has 0 bridgehead atoms. The minimum absolute atomic E-state index is 0.388. The molecule has 1 aliphatic heterocycles. The Bertz CT molecular complexity index is 361. The predicted octanol–water partition coefficient (Wildman–Crippen LogP) is 0.495. The molecule has 1 aromatic heterocycles. The van der Waals surface area contributed by atoms with Crippen LogP contribution in [-0.2, 0) is 29.0 Å². The molecular weight excluding hydrogens is 232 g/mol. The lowest BCUT2D eigenvalue weighted by Crippen LogP contribution is -2.15. The normalized spacial score (nSPS) is 19.6. The molecule has 0 aromatic carbocycles. The monoisotopic (exact) mass is 254 g/mol. The van der Waals surface area contributed by atoms with Crippen molar-refractivity contribution in [2.75, 3.05) is 20.3 Å². The van der Waals surface area contributed by atoms with Gasteiger partial charge in [-0.3, -0.25) is 0 Å². The standard InChI is InChI=1S/C12H22N4O2/c1-17-8-6-16-11(14-15-12(16)9-13)5-4-10-3-2-7-18-10/h10H,2-9,13H2,1H3. The molecular formula is C12H22N4O2. The summed E-state index contributed by atoms with van der Waals surface area (Å²) >= 11 is 0. The number of nitrogens with zero attached hydrogens (tertiary/aromatic N) is 3. The zero-order valence-electron chi connectivity index (χ0n) is 11.0. The third-order valence-corrected chi connectivity index (χ3v) is 3.32. The van der Waals surface area contributed by atoms with E-state index >= 15 is 0 Å². The highest BCUT2D eigenvalue weighted by molar-refractivity contribution is 4.96. The molecule has 2 N–H and O–H groups in total. The number of hydrogen-bond donors (Lipinski definition) is 1. The van der Waals surface area contributed by atoms with Crippen molar-refractivity contribution >= 4 is 0 Å². The summed E-state index contributed by atoms with van der Waals surface area (Å²) in [6.45, 7) is 2.72. The van der Waals surface area contributed by atoms with Crippen LogP contribution in [0.15, 0.2) is 0 Å². The molecule has 6 nitrogen and oxygen atoms in total. The van der Waals surface area contributed by atoms with Gasteiger partial charge < -0.3 is 19.8 Å². The van der Waals surface area contributed by atoms with Crippen LogP contribution in [0.3, 0.4) is 0 Å². The topological polar surface area (TPSA) is 75.2 Å². The van der Waals surface area contributed by atoms with Crippen molar-refractivity contribution in [2.24, 2.45) is 5.73 Å². The molecule has 1 aromatic rings. The van der Waals surface area contributed by atoms with Gasteiger partial charge in [-0.15, -0.1) is 10.2 Å². The van der Waals surface area contributed by atoms with Crippen LogP contribution < -0.4 is 5.73 Å². The van der Waals surface area contributed by atoms with Crippen LogP contribution in [0.1, 0.15) is 30.9 Å². The van der Waals surface area contributed by atoms with Gasteiger partial charge in [-0.1, -0.05) is 0 Å². The van der Waals surface area contributed by atoms with Gasteiger partial charge in [0, 0.05) is 26.7 Å². The summed E-state index contributed by atoms with van der Waals surface area (Å²) in [7, 11) is 1.69. The van der Waals surface area contributed by atoms with Crippen LogP contribution in [0.4, 0.5) is 0 Å². The van der Waals surface area contributed by atoms with Crippen molar-refractivity contribution in [1.82, 2.24) is 14.8 Å². The van der Waals surface area contributed by atoms with Crippen LogP contribution in [0.2, 0.25) is 0 Å². The first-order valence-corrected chi connectivity index (χ1v) is 6.56. The Hall–Kier alpha value is -0.980. The van der Waals surface area contributed by atoms with Gasteiger partial charge in [0.1, 0.15) is 11.6 Å². The maximum atomic E-state index is 5.67. The third kappa shape index (κ3) is 3.28. The minimum Gasteiger partial charge on any atom is -0.383 e. The second-order valence-corrected chi connectivity index (χ2v) is 4.55. The van der Waals surface area contributed by atoms with E-state index in [-0.39, 0.29) is 0 Å². The Morgan fingerprint density at radius 2 is 2.28 bits per heavy atom. The van der Waals surface area contributed by atoms with Crippen LogP contribution in [0, 0.1) is 0 Å². The highest BCUT2D eigenvalue weighted by atomic mass is 16.5. The van der Waals surface area contributed by atoms with E-state index in [1.54, 1.807) is 7.11 Å². The largest absolute Gasteiger partial charge is 0.383 e. The lowest BCUT2D eigenvalue weighted by Gasteiger charge is -2.11. The lowest BCUT2D eigenvalue weighted by molar-refractivity contribution is 0.103. The summed E-state index contributed by atoms with van der Waals surface area (Å²) in [6, 6.07) is 0. The summed E-state index contributed by atoms with van der Waals surface area (Å²) < 4.78 is 12.8. The number of aromatic nitrogens is 3. The highest BCUT2D eigenvalue weighted by Gasteiger charge is 2.17. The summed E-state index contributed by atoms with van der Waals surface area (Å²) in [4.78, 5) is 0. The number of ether oxygens (including phenoxy) is 2. The molecule has 1 saturated heterocycles. The summed E-state index contributed by atoms with van der Waals surface area (Å²) in [6.07, 6.45) is 4.63. The van der Waals surface area contributed by atoms with E-state index in [4.69, 9.17) is 15.2 Å². The Balaban J connectivity index is 1.94. The first-order chi connectivity index (χ1) is 8.85. The Kier molecular flexibility index (Phi) is 5.10. The average Bonchev–Trinajstić information content (AvgIpc) is 3.03. The molecule has 102 valence electrons. The van der Waals surface area contributed by atoms with Gasteiger partial charge in [0.25, 0.3) is 0 Å². The number of hydrogen-bond acceptors (Lipinski definition) is 5. The highest BCUT2D eigenvalue weighted by Crippen LogP contribution is 2.17. The fourth-order valence-corrected chi connectivity index (χ4v) is 2.31. The third-order valence-electron chi connectivity index (χ3n) is 3.32. The van der Waals surface area contributed by atoms with Crippen molar-refractivity contribution < 1.29 is 9.47 Å². The second kappa shape index (κ2) is 6.82. The fourth-order valence-electron chi connectivity index (χ4n) is 2.31. The van der Waals surface area contributed by atoms with E-state index in [0.29, 0.717) is 19.3 Å². The van der Waals surface area contributed by atoms with E-state index < -0.39 is 0 Å². The van der Waals surface area contributed by atoms with Crippen molar-refractivity contribution in [1.29, 1.82) is 0 Å². The van der Waals surface area contributed by atoms with Crippen LogP contribution in [-0.4, -0.2) is 41.2 Å². The Labute approximate surface area is 107 Å². The lowest BCUT2D eigenvalue weighted by atomic mass is 10.1. The molecule has 6 heteroatoms. The molecule has 0 saturated carbocycles. The Morgan fingerprint density at radius 1 is 1.44 bits per heavy atom. The van der Waals surface area contributed by atoms with Gasteiger partial charge in [0.2, 0.25) is 0 Å². The maximum absolute atomic E-state index is 5.67. The van der Waals surface area contributed by atoms with E-state index in [0.717, 1.165) is 44.1 Å². The van der Waals surface area contributed by atoms with Gasteiger partial charge in [-0.25, -0.2) is 0 Å². The zero-order chi connectivity index (χ0) is 12.8. The summed E-state index contributed by atoms with van der Waals surface area (Å²) in [5.41, 5.74) is 5.67. The van der Waals surface area contributed by atoms with Crippen molar-refractivity contribution in [3.63, 3.8) is 0 Å². The molecule has 0 radical (unpaired) electrons. The van der Waals surface area contributed by atoms with Crippen LogP contribution in [0.5, 0.6) is 0 Å². The summed E-state index contributed by atoms with van der Waals surface area (Å²) in [5, 5.41) is 8.35. The zero-order valence-corrected chi connectivity index (χ0v) is 11.0. The SMILES string of the molecule is COCCn1c(CN)nnc1CCC1CCCO1. The maximum Gasteiger partial charge on any atom is 0.146 e. The number of methoxy groups -OCH3 is 1. The average molecular weight is 254 g/mol. The molecule has 18 heavy (non-hydrogen) atoms. The van der Waals surface area contributed by atoms with E-state index in [9.17, 15) is 0 Å². The van der Waals surface area contributed by atoms with Crippen molar-refractivity contribution in [3.05, 3.63) is 11.6 Å². The number of rotatable bonds is 7. The fraction of sp³-hybridized carbons (Fsp3) is 0.833.